The number of pyridine rings is 1. The second-order valence-electron chi connectivity index (χ2n) is 7.76. The zero-order chi connectivity index (χ0) is 18.4. The summed E-state index contributed by atoms with van der Waals surface area (Å²) in [7, 11) is 2.21. The first kappa shape index (κ1) is 19.1. The first-order valence-corrected chi connectivity index (χ1v) is 9.93. The Morgan fingerprint density at radius 3 is 2.85 bits per heavy atom. The Morgan fingerprint density at radius 2 is 2.08 bits per heavy atom. The van der Waals surface area contributed by atoms with Crippen LogP contribution in [0, 0.1) is 5.92 Å². The Morgan fingerprint density at radius 1 is 1.27 bits per heavy atom. The van der Waals surface area contributed by atoms with E-state index in [0.29, 0.717) is 12.3 Å². The number of aromatic nitrogens is 1. The Kier molecular flexibility index (Phi) is 6.84. The summed E-state index contributed by atoms with van der Waals surface area (Å²) in [6.45, 7) is 5.02. The molecule has 0 amide bonds. The first-order chi connectivity index (χ1) is 12.6. The Labute approximate surface area is 157 Å². The van der Waals surface area contributed by atoms with Crippen molar-refractivity contribution >= 4 is 0 Å². The van der Waals surface area contributed by atoms with Gasteiger partial charge in [0.05, 0.1) is 6.61 Å². The molecule has 0 bridgehead atoms. The highest BCUT2D eigenvalue weighted by Gasteiger charge is 2.17. The normalized spacial score (nSPS) is 22.0. The summed E-state index contributed by atoms with van der Waals surface area (Å²) in [5.41, 5.74) is 1.86. The molecule has 4 heteroatoms. The molecule has 0 spiro atoms. The van der Waals surface area contributed by atoms with Crippen molar-refractivity contribution < 1.29 is 9.13 Å². The molecule has 1 fully saturated rings. The largest absolute Gasteiger partial charge is 0.478 e. The zero-order valence-corrected chi connectivity index (χ0v) is 16.1. The molecule has 1 aliphatic carbocycles. The molecular weight excluding hydrogens is 327 g/mol. The lowest BCUT2D eigenvalue weighted by atomic mass is 9.90. The van der Waals surface area contributed by atoms with Crippen molar-refractivity contribution in [3.8, 4) is 5.88 Å². The number of allylic oxidation sites excluding steroid dienone is 4. The van der Waals surface area contributed by atoms with Crippen molar-refractivity contribution in [1.29, 1.82) is 0 Å². The highest BCUT2D eigenvalue weighted by molar-refractivity contribution is 5.36. The molecule has 1 aliphatic heterocycles. The molecule has 2 heterocycles. The average molecular weight is 359 g/mol. The van der Waals surface area contributed by atoms with Gasteiger partial charge in [-0.2, -0.15) is 0 Å². The summed E-state index contributed by atoms with van der Waals surface area (Å²) in [5.74, 6) is 1.69. The van der Waals surface area contributed by atoms with Gasteiger partial charge < -0.3 is 9.64 Å². The smallest absolute Gasteiger partial charge is 0.213 e. The van der Waals surface area contributed by atoms with Crippen LogP contribution in [-0.2, 0) is 0 Å². The number of halogens is 1. The molecule has 0 saturated carbocycles. The molecular formula is C22H31FN2O. The van der Waals surface area contributed by atoms with Crippen molar-refractivity contribution in [3.63, 3.8) is 0 Å². The standard InChI is InChI=1S/C22H31FN2O/c1-17-15-19(6-7-21(17)23)20-8-11-24-22(16-20)26-14-4-3-5-18-9-12-25(2)13-10-18/h7-8,11,15-16,18-19H,3-6,9-10,12-14H2,1-2H3. The van der Waals surface area contributed by atoms with Crippen LogP contribution in [0.2, 0.25) is 0 Å². The summed E-state index contributed by atoms with van der Waals surface area (Å²) in [4.78, 5) is 6.75. The average Bonchev–Trinajstić information content (AvgIpc) is 2.65. The van der Waals surface area contributed by atoms with E-state index >= 15 is 0 Å². The molecule has 142 valence electrons. The molecule has 0 aromatic carbocycles. The summed E-state index contributed by atoms with van der Waals surface area (Å²) < 4.78 is 19.4. The molecule has 3 nitrogen and oxygen atoms in total. The maximum Gasteiger partial charge on any atom is 0.213 e. The van der Waals surface area contributed by atoms with Crippen LogP contribution in [0.4, 0.5) is 4.39 Å². The van der Waals surface area contributed by atoms with Gasteiger partial charge in [0.15, 0.2) is 0 Å². The molecule has 1 aromatic heterocycles. The second kappa shape index (κ2) is 9.31. The molecule has 0 radical (unpaired) electrons. The lowest BCUT2D eigenvalue weighted by Crippen LogP contribution is -2.30. The Bertz CT molecular complexity index is 647. The predicted octanol–water partition coefficient (Wildman–Crippen LogP) is 5.26. The molecule has 3 rings (SSSR count). The first-order valence-electron chi connectivity index (χ1n) is 9.93. The van der Waals surface area contributed by atoms with Crippen molar-refractivity contribution in [3.05, 3.63) is 47.4 Å². The van der Waals surface area contributed by atoms with Gasteiger partial charge >= 0.3 is 0 Å². The maximum atomic E-state index is 13.5. The predicted molar refractivity (Wildman–Crippen MR) is 104 cm³/mol. The van der Waals surface area contributed by atoms with Crippen LogP contribution in [0.5, 0.6) is 5.88 Å². The van der Waals surface area contributed by atoms with Crippen molar-refractivity contribution in [2.24, 2.45) is 5.92 Å². The summed E-state index contributed by atoms with van der Waals surface area (Å²) in [6.07, 6.45) is 12.4. The van der Waals surface area contributed by atoms with Crippen LogP contribution in [0.3, 0.4) is 0 Å². The van der Waals surface area contributed by atoms with E-state index in [-0.39, 0.29) is 11.7 Å². The quantitative estimate of drug-likeness (QED) is 0.622. The monoisotopic (exact) mass is 358 g/mol. The summed E-state index contributed by atoms with van der Waals surface area (Å²) in [5, 5.41) is 0. The minimum atomic E-state index is -0.101. The van der Waals surface area contributed by atoms with Gasteiger partial charge in [0.1, 0.15) is 5.83 Å². The Hall–Kier alpha value is -1.68. The van der Waals surface area contributed by atoms with E-state index in [1.165, 1.54) is 38.8 Å². The third kappa shape index (κ3) is 5.41. The highest BCUT2D eigenvalue weighted by atomic mass is 19.1. The summed E-state index contributed by atoms with van der Waals surface area (Å²) in [6, 6.07) is 4.00. The molecule has 1 aromatic rings. The number of hydrogen-bond acceptors (Lipinski definition) is 3. The number of hydrogen-bond donors (Lipinski definition) is 0. The maximum absolute atomic E-state index is 13.5. The van der Waals surface area contributed by atoms with Crippen LogP contribution >= 0.6 is 0 Å². The van der Waals surface area contributed by atoms with Crippen molar-refractivity contribution in [2.45, 2.75) is 51.4 Å². The van der Waals surface area contributed by atoms with Gasteiger partial charge in [0.2, 0.25) is 5.88 Å². The van der Waals surface area contributed by atoms with E-state index in [9.17, 15) is 4.39 Å². The van der Waals surface area contributed by atoms with Gasteiger partial charge in [-0.1, -0.05) is 12.5 Å². The van der Waals surface area contributed by atoms with Crippen LogP contribution in [0.15, 0.2) is 41.9 Å². The van der Waals surface area contributed by atoms with Crippen LogP contribution in [0.1, 0.15) is 56.9 Å². The van der Waals surface area contributed by atoms with E-state index in [4.69, 9.17) is 4.74 Å². The number of ether oxygens (including phenoxy) is 1. The highest BCUT2D eigenvalue weighted by Crippen LogP contribution is 2.31. The molecule has 2 aliphatic rings. The van der Waals surface area contributed by atoms with Crippen LogP contribution in [0.25, 0.3) is 0 Å². The van der Waals surface area contributed by atoms with E-state index in [1.54, 1.807) is 12.3 Å². The minimum absolute atomic E-state index is 0.101. The van der Waals surface area contributed by atoms with E-state index < -0.39 is 0 Å². The number of likely N-dealkylation sites (tertiary alicyclic amines) is 1. The van der Waals surface area contributed by atoms with Crippen LogP contribution < -0.4 is 4.74 Å². The molecule has 0 N–H and O–H groups in total. The Balaban J connectivity index is 1.40. The van der Waals surface area contributed by atoms with E-state index in [2.05, 4.69) is 16.9 Å². The van der Waals surface area contributed by atoms with Gasteiger partial charge in [-0.3, -0.25) is 0 Å². The van der Waals surface area contributed by atoms with Crippen molar-refractivity contribution in [2.75, 3.05) is 26.7 Å². The molecule has 26 heavy (non-hydrogen) atoms. The lowest BCUT2D eigenvalue weighted by Gasteiger charge is -2.28. The third-order valence-electron chi connectivity index (χ3n) is 5.66. The molecule has 1 unspecified atom stereocenters. The molecule has 1 atom stereocenters. The zero-order valence-electron chi connectivity index (χ0n) is 16.1. The number of rotatable bonds is 7. The van der Waals surface area contributed by atoms with Gasteiger partial charge in [-0.15, -0.1) is 0 Å². The number of nitrogens with zero attached hydrogens (tertiary/aromatic N) is 2. The van der Waals surface area contributed by atoms with E-state index in [0.717, 1.165) is 30.1 Å². The fraction of sp³-hybridized carbons (Fsp3) is 0.591. The lowest BCUT2D eigenvalue weighted by molar-refractivity contribution is 0.205. The third-order valence-corrected chi connectivity index (χ3v) is 5.66. The SMILES string of the molecule is CC1=CC(c2ccnc(OCCCCC3CCN(C)CC3)c2)CC=C1F. The fourth-order valence-electron chi connectivity index (χ4n) is 3.87. The fourth-order valence-corrected chi connectivity index (χ4v) is 3.87. The number of unbranched alkanes of at least 4 members (excludes halogenated alkanes) is 1. The summed E-state index contributed by atoms with van der Waals surface area (Å²) >= 11 is 0. The second-order valence-corrected chi connectivity index (χ2v) is 7.76. The molecule has 1 saturated heterocycles. The van der Waals surface area contributed by atoms with E-state index in [1.807, 2.05) is 25.1 Å². The van der Waals surface area contributed by atoms with Gasteiger partial charge in [0.25, 0.3) is 0 Å². The van der Waals surface area contributed by atoms with Gasteiger partial charge in [-0.05, 0) is 88.4 Å². The van der Waals surface area contributed by atoms with Gasteiger partial charge in [0, 0.05) is 18.2 Å². The van der Waals surface area contributed by atoms with Crippen LogP contribution in [-0.4, -0.2) is 36.6 Å². The topological polar surface area (TPSA) is 25.4 Å². The van der Waals surface area contributed by atoms with Crippen molar-refractivity contribution in [1.82, 2.24) is 9.88 Å². The minimum Gasteiger partial charge on any atom is -0.478 e. The van der Waals surface area contributed by atoms with Gasteiger partial charge in [-0.25, -0.2) is 9.37 Å². The number of piperidine rings is 1.